The molecule has 0 aliphatic heterocycles. The van der Waals surface area contributed by atoms with Crippen LogP contribution in [0.25, 0.3) is 0 Å². The normalized spacial score (nSPS) is 14.3. The lowest BCUT2D eigenvalue weighted by molar-refractivity contribution is 0.230. The number of hydrogen-bond donors (Lipinski definition) is 0. The third-order valence-corrected chi connectivity index (χ3v) is 4.44. The molecule has 0 amide bonds. The minimum Gasteiger partial charge on any atom is -0.396 e. The van der Waals surface area contributed by atoms with Gasteiger partial charge in [-0.05, 0) is 25.2 Å². The van der Waals surface area contributed by atoms with Gasteiger partial charge >= 0.3 is 5.82 Å². The van der Waals surface area contributed by atoms with Gasteiger partial charge in [0.1, 0.15) is 11.5 Å². The standard InChI is InChI=1S/C18H32O3/c1-5-7-9-11-13-18(4,12-10-8-6-2)14-16-15(3)20-17(19)21-16/h5-14H2,1-4H3. The second-order valence-electron chi connectivity index (χ2n) is 6.69. The molecule has 1 rings (SSSR count). The van der Waals surface area contributed by atoms with Crippen molar-refractivity contribution in [3.05, 3.63) is 22.1 Å². The third kappa shape index (κ3) is 6.54. The van der Waals surface area contributed by atoms with E-state index in [1.165, 1.54) is 57.8 Å². The molecule has 0 radical (unpaired) electrons. The molecule has 3 heteroatoms. The lowest BCUT2D eigenvalue weighted by Gasteiger charge is -2.29. The van der Waals surface area contributed by atoms with Crippen molar-refractivity contribution in [3.63, 3.8) is 0 Å². The Balaban J connectivity index is 2.65. The van der Waals surface area contributed by atoms with Gasteiger partial charge in [-0.2, -0.15) is 0 Å². The van der Waals surface area contributed by atoms with Gasteiger partial charge in [-0.15, -0.1) is 0 Å². The molecule has 3 nitrogen and oxygen atoms in total. The monoisotopic (exact) mass is 296 g/mol. The van der Waals surface area contributed by atoms with Crippen LogP contribution in [0.2, 0.25) is 0 Å². The van der Waals surface area contributed by atoms with Gasteiger partial charge in [0.2, 0.25) is 0 Å². The van der Waals surface area contributed by atoms with Crippen molar-refractivity contribution >= 4 is 0 Å². The first-order chi connectivity index (χ1) is 10.0. The van der Waals surface area contributed by atoms with Crippen molar-refractivity contribution in [2.75, 3.05) is 0 Å². The first-order valence-corrected chi connectivity index (χ1v) is 8.60. The predicted octanol–water partition coefficient (Wildman–Crippen LogP) is 5.64. The summed E-state index contributed by atoms with van der Waals surface area (Å²) in [5, 5.41) is 0. The zero-order valence-electron chi connectivity index (χ0n) is 14.3. The van der Waals surface area contributed by atoms with Crippen LogP contribution in [0.5, 0.6) is 0 Å². The minimum absolute atomic E-state index is 0.216. The van der Waals surface area contributed by atoms with Crippen LogP contribution in [0, 0.1) is 12.3 Å². The van der Waals surface area contributed by atoms with Gasteiger partial charge < -0.3 is 8.83 Å². The molecule has 0 N–H and O–H groups in total. The smallest absolute Gasteiger partial charge is 0.396 e. The minimum atomic E-state index is -0.565. The molecule has 0 saturated carbocycles. The predicted molar refractivity (Wildman–Crippen MR) is 86.7 cm³/mol. The maximum atomic E-state index is 11.2. The van der Waals surface area contributed by atoms with Crippen LogP contribution in [0.15, 0.2) is 13.6 Å². The van der Waals surface area contributed by atoms with E-state index in [1.807, 2.05) is 6.92 Å². The fourth-order valence-corrected chi connectivity index (χ4v) is 3.01. The molecule has 0 aliphatic carbocycles. The molecular weight excluding hydrogens is 264 g/mol. The van der Waals surface area contributed by atoms with Crippen LogP contribution in [-0.2, 0) is 6.42 Å². The Morgan fingerprint density at radius 2 is 1.48 bits per heavy atom. The third-order valence-electron chi connectivity index (χ3n) is 4.44. The summed E-state index contributed by atoms with van der Waals surface area (Å²) in [5.74, 6) is 0.828. The van der Waals surface area contributed by atoms with E-state index in [2.05, 4.69) is 20.8 Å². The van der Waals surface area contributed by atoms with Crippen molar-refractivity contribution < 1.29 is 8.83 Å². The lowest BCUT2D eigenvalue weighted by atomic mass is 9.76. The van der Waals surface area contributed by atoms with Crippen molar-refractivity contribution in [3.8, 4) is 0 Å². The Kier molecular flexibility index (Phi) is 7.84. The second kappa shape index (κ2) is 9.11. The zero-order chi connectivity index (χ0) is 15.7. The van der Waals surface area contributed by atoms with Crippen LogP contribution in [0.3, 0.4) is 0 Å². The molecule has 0 aliphatic rings. The summed E-state index contributed by atoms with van der Waals surface area (Å²) in [6, 6.07) is 0. The zero-order valence-corrected chi connectivity index (χ0v) is 14.3. The highest BCUT2D eigenvalue weighted by molar-refractivity contribution is 5.04. The van der Waals surface area contributed by atoms with Crippen LogP contribution in [-0.4, -0.2) is 0 Å². The van der Waals surface area contributed by atoms with E-state index in [9.17, 15) is 4.79 Å². The van der Waals surface area contributed by atoms with Gasteiger partial charge in [-0.25, -0.2) is 4.79 Å². The summed E-state index contributed by atoms with van der Waals surface area (Å²) in [6.45, 7) is 8.63. The number of hydrogen-bond acceptors (Lipinski definition) is 3. The maximum absolute atomic E-state index is 11.2. The molecule has 1 aromatic rings. The average Bonchev–Trinajstić information content (AvgIpc) is 2.73. The van der Waals surface area contributed by atoms with Crippen molar-refractivity contribution in [2.45, 2.75) is 91.9 Å². The first kappa shape index (κ1) is 18.1. The molecule has 1 aromatic heterocycles. The molecular formula is C18H32O3. The molecule has 0 bridgehead atoms. The molecule has 0 saturated heterocycles. The number of aryl methyl sites for hydroxylation is 1. The highest BCUT2D eigenvalue weighted by Gasteiger charge is 2.27. The Morgan fingerprint density at radius 1 is 0.905 bits per heavy atom. The van der Waals surface area contributed by atoms with E-state index in [-0.39, 0.29) is 5.41 Å². The summed E-state index contributed by atoms with van der Waals surface area (Å²) >= 11 is 0. The average molecular weight is 296 g/mol. The van der Waals surface area contributed by atoms with Crippen LogP contribution >= 0.6 is 0 Å². The second-order valence-corrected chi connectivity index (χ2v) is 6.69. The van der Waals surface area contributed by atoms with Crippen molar-refractivity contribution in [1.82, 2.24) is 0 Å². The van der Waals surface area contributed by atoms with E-state index < -0.39 is 5.82 Å². The van der Waals surface area contributed by atoms with Crippen LogP contribution in [0.1, 0.15) is 90.1 Å². The molecule has 21 heavy (non-hydrogen) atoms. The van der Waals surface area contributed by atoms with Crippen LogP contribution < -0.4 is 5.82 Å². The Morgan fingerprint density at radius 3 is 2.00 bits per heavy atom. The number of unbranched alkanes of at least 4 members (excludes halogenated alkanes) is 5. The van der Waals surface area contributed by atoms with E-state index in [4.69, 9.17) is 8.83 Å². The van der Waals surface area contributed by atoms with E-state index in [1.54, 1.807) is 0 Å². The molecule has 1 atom stereocenters. The highest BCUT2D eigenvalue weighted by Crippen LogP contribution is 2.35. The summed E-state index contributed by atoms with van der Waals surface area (Å²) < 4.78 is 10.2. The van der Waals surface area contributed by atoms with Gasteiger partial charge in [0.25, 0.3) is 0 Å². The Bertz CT molecular complexity index is 444. The lowest BCUT2D eigenvalue weighted by Crippen LogP contribution is -2.20. The SMILES string of the molecule is CCCCCCC(C)(CCCCC)Cc1oc(=O)oc1C. The van der Waals surface area contributed by atoms with Gasteiger partial charge in [0, 0.05) is 6.42 Å². The molecule has 1 heterocycles. The Labute approximate surface area is 129 Å². The maximum Gasteiger partial charge on any atom is 0.519 e. The first-order valence-electron chi connectivity index (χ1n) is 8.60. The quantitative estimate of drug-likeness (QED) is 0.496. The molecule has 0 spiro atoms. The molecule has 0 aromatic carbocycles. The largest absolute Gasteiger partial charge is 0.519 e. The van der Waals surface area contributed by atoms with Gasteiger partial charge in [-0.3, -0.25) is 0 Å². The topological polar surface area (TPSA) is 43.4 Å². The van der Waals surface area contributed by atoms with Gasteiger partial charge in [0.15, 0.2) is 0 Å². The van der Waals surface area contributed by atoms with E-state index in [0.717, 1.165) is 12.2 Å². The summed E-state index contributed by atoms with van der Waals surface area (Å²) in [6.07, 6.45) is 12.1. The van der Waals surface area contributed by atoms with Gasteiger partial charge in [-0.1, -0.05) is 65.7 Å². The van der Waals surface area contributed by atoms with Crippen molar-refractivity contribution in [2.24, 2.45) is 5.41 Å². The van der Waals surface area contributed by atoms with Crippen LogP contribution in [0.4, 0.5) is 0 Å². The molecule has 1 unspecified atom stereocenters. The van der Waals surface area contributed by atoms with Gasteiger partial charge in [0.05, 0.1) is 0 Å². The van der Waals surface area contributed by atoms with Crippen molar-refractivity contribution in [1.29, 1.82) is 0 Å². The fraction of sp³-hybridized carbons (Fsp3) is 0.833. The highest BCUT2D eigenvalue weighted by atomic mass is 16.6. The summed E-state index contributed by atoms with van der Waals surface area (Å²) in [7, 11) is 0. The van der Waals surface area contributed by atoms with E-state index in [0.29, 0.717) is 5.76 Å². The summed E-state index contributed by atoms with van der Waals surface area (Å²) in [4.78, 5) is 11.2. The summed E-state index contributed by atoms with van der Waals surface area (Å²) in [5.41, 5.74) is 0.216. The number of rotatable bonds is 11. The fourth-order valence-electron chi connectivity index (χ4n) is 3.01. The molecule has 122 valence electrons. The Hall–Kier alpha value is -0.990. The van der Waals surface area contributed by atoms with E-state index >= 15 is 0 Å². The molecule has 0 fully saturated rings.